The van der Waals surface area contributed by atoms with E-state index in [1.54, 1.807) is 84.9 Å². The smallest absolute Gasteiger partial charge is 0.338 e. The van der Waals surface area contributed by atoms with E-state index in [0.29, 0.717) is 35.5 Å². The maximum Gasteiger partial charge on any atom is 0.338 e. The van der Waals surface area contributed by atoms with Gasteiger partial charge in [-0.25, -0.2) is 19.2 Å². The molecule has 1 saturated heterocycles. The number of ether oxygens (including phenoxy) is 5. The first-order valence-electron chi connectivity index (χ1n) is 16.8. The van der Waals surface area contributed by atoms with E-state index in [4.69, 9.17) is 73.8 Å². The third kappa shape index (κ3) is 21.2. The monoisotopic (exact) mass is 820 g/mol. The van der Waals surface area contributed by atoms with Crippen molar-refractivity contribution in [2.75, 3.05) is 50.7 Å². The van der Waals surface area contributed by atoms with Gasteiger partial charge in [-0.1, -0.05) is 72.8 Å². The number of carbonyl (C=O) groups excluding carboxylic acids is 4. The Labute approximate surface area is 334 Å². The maximum atomic E-state index is 11.3. The van der Waals surface area contributed by atoms with Crippen molar-refractivity contribution >= 4 is 58.7 Å². The van der Waals surface area contributed by atoms with Crippen molar-refractivity contribution in [3.8, 4) is 0 Å². The summed E-state index contributed by atoms with van der Waals surface area (Å²) in [4.78, 5) is 45.2. The highest BCUT2D eigenvalue weighted by Gasteiger charge is 2.24. The number of hydrogen-bond acceptors (Lipinski definition) is 12. The zero-order valence-electron chi connectivity index (χ0n) is 29.7. The van der Waals surface area contributed by atoms with E-state index in [9.17, 15) is 19.2 Å². The van der Waals surface area contributed by atoms with Crippen LogP contribution in [0.15, 0.2) is 121 Å². The molecule has 5 rings (SSSR count). The predicted octanol–water partition coefficient (Wildman–Crippen LogP) is 5.57. The predicted molar refractivity (Wildman–Crippen MR) is 207 cm³/mol. The highest BCUT2D eigenvalue weighted by atomic mass is 35.5. The molecule has 1 heterocycles. The van der Waals surface area contributed by atoms with Gasteiger partial charge < -0.3 is 39.0 Å². The zero-order valence-corrected chi connectivity index (χ0v) is 31.9. The summed E-state index contributed by atoms with van der Waals surface area (Å²) in [6, 6.07) is 34.7. The SMILES string of the molecule is O=C(OCC(O)CCl)c1ccccc1.O=C(OCC(O)CCl)c1ccccc1.O=C(OCC(O)CCl)c1ccccc1.O=C(OCC1CO1)c1ccccc1. The third-order valence-corrected chi connectivity index (χ3v) is 7.66. The van der Waals surface area contributed by atoms with Gasteiger partial charge in [0.25, 0.3) is 0 Å². The number of benzene rings is 4. The Morgan fingerprint density at radius 1 is 0.491 bits per heavy atom. The van der Waals surface area contributed by atoms with Crippen molar-refractivity contribution in [3.63, 3.8) is 0 Å². The minimum Gasteiger partial charge on any atom is -0.459 e. The lowest BCUT2D eigenvalue weighted by atomic mass is 10.2. The topological polar surface area (TPSA) is 178 Å². The molecule has 1 aliphatic rings. The fraction of sp³-hybridized carbons (Fsp3) is 0.300. The molecule has 4 unspecified atom stereocenters. The van der Waals surface area contributed by atoms with Gasteiger partial charge in [0.1, 0.15) is 50.8 Å². The lowest BCUT2D eigenvalue weighted by Gasteiger charge is -2.07. The van der Waals surface area contributed by atoms with E-state index in [1.165, 1.54) is 0 Å². The Morgan fingerprint density at radius 3 is 0.945 bits per heavy atom. The molecule has 296 valence electrons. The molecule has 0 amide bonds. The minimum absolute atomic E-state index is 0.0576. The second-order valence-corrected chi connectivity index (χ2v) is 12.2. The average Bonchev–Trinajstić information content (AvgIpc) is 4.09. The Balaban J connectivity index is 0.000000253. The van der Waals surface area contributed by atoms with Crippen LogP contribution in [0.2, 0.25) is 0 Å². The number of halogens is 3. The van der Waals surface area contributed by atoms with Crippen molar-refractivity contribution in [2.45, 2.75) is 24.4 Å². The molecule has 1 aliphatic heterocycles. The molecule has 4 aromatic rings. The Morgan fingerprint density at radius 2 is 0.727 bits per heavy atom. The van der Waals surface area contributed by atoms with E-state index in [0.717, 1.165) is 0 Å². The summed E-state index contributed by atoms with van der Waals surface area (Å²) in [6.45, 7) is 0.863. The van der Waals surface area contributed by atoms with Gasteiger partial charge in [0, 0.05) is 0 Å². The van der Waals surface area contributed by atoms with Gasteiger partial charge in [-0.2, -0.15) is 0 Å². The molecule has 0 saturated carbocycles. The van der Waals surface area contributed by atoms with Gasteiger partial charge in [-0.15, -0.1) is 34.8 Å². The maximum absolute atomic E-state index is 11.3. The van der Waals surface area contributed by atoms with Gasteiger partial charge in [-0.05, 0) is 48.5 Å². The van der Waals surface area contributed by atoms with Crippen molar-refractivity contribution < 1.29 is 58.2 Å². The first kappa shape index (κ1) is 46.6. The number of rotatable bonds is 15. The Bertz CT molecular complexity index is 1500. The van der Waals surface area contributed by atoms with Crippen LogP contribution < -0.4 is 0 Å². The van der Waals surface area contributed by atoms with Gasteiger partial charge >= 0.3 is 23.9 Å². The second-order valence-electron chi connectivity index (χ2n) is 11.2. The molecular formula is C40H43Cl3O12. The molecule has 0 aromatic heterocycles. The zero-order chi connectivity index (χ0) is 40.3. The number of esters is 4. The summed E-state index contributed by atoms with van der Waals surface area (Å²) in [6.07, 6.45) is -2.27. The number of hydrogen-bond donors (Lipinski definition) is 3. The molecular weight excluding hydrogens is 779 g/mol. The molecule has 0 aliphatic carbocycles. The standard InChI is InChI=1S/3C10H11ClO3.C10H10O3/c3*11-6-9(12)7-14-10(13)8-4-2-1-3-5-8;11-10(13-7-9-6-12-9)8-4-2-1-3-5-8/h3*1-5,9,12H,6-7H2;1-5,9H,6-7H2. The quantitative estimate of drug-likeness (QED) is 0.0589. The number of aliphatic hydroxyl groups is 3. The van der Waals surface area contributed by atoms with Crippen LogP contribution in [0.4, 0.5) is 0 Å². The van der Waals surface area contributed by atoms with Crippen molar-refractivity contribution in [1.82, 2.24) is 0 Å². The van der Waals surface area contributed by atoms with Crippen molar-refractivity contribution in [3.05, 3.63) is 144 Å². The lowest BCUT2D eigenvalue weighted by Crippen LogP contribution is -2.19. The Kier molecular flexibility index (Phi) is 23.7. The second kappa shape index (κ2) is 28.0. The molecule has 55 heavy (non-hydrogen) atoms. The van der Waals surface area contributed by atoms with Crippen molar-refractivity contribution in [1.29, 1.82) is 0 Å². The van der Waals surface area contributed by atoms with E-state index < -0.39 is 36.2 Å². The van der Waals surface area contributed by atoms with E-state index >= 15 is 0 Å². The molecule has 4 atom stereocenters. The lowest BCUT2D eigenvalue weighted by molar-refractivity contribution is 0.0299. The van der Waals surface area contributed by atoms with Gasteiger partial charge in [0.05, 0.1) is 46.5 Å². The van der Waals surface area contributed by atoms with Gasteiger partial charge in [0.2, 0.25) is 0 Å². The summed E-state index contributed by atoms with van der Waals surface area (Å²) in [5.41, 5.74) is 1.99. The summed E-state index contributed by atoms with van der Waals surface area (Å²) in [5, 5.41) is 27.1. The fourth-order valence-corrected chi connectivity index (χ4v) is 3.88. The molecule has 1 fully saturated rings. The van der Waals surface area contributed by atoms with E-state index in [2.05, 4.69) is 0 Å². The summed E-state index contributed by atoms with van der Waals surface area (Å²) in [7, 11) is 0. The van der Waals surface area contributed by atoms with Crippen molar-refractivity contribution in [2.24, 2.45) is 0 Å². The highest BCUT2D eigenvalue weighted by Crippen LogP contribution is 2.10. The Hall–Kier alpha value is -4.53. The van der Waals surface area contributed by atoms with Crippen LogP contribution in [0.1, 0.15) is 41.4 Å². The van der Waals surface area contributed by atoms with Gasteiger partial charge in [-0.3, -0.25) is 0 Å². The van der Waals surface area contributed by atoms with Crippen LogP contribution in [-0.2, 0) is 23.7 Å². The molecule has 0 spiro atoms. The summed E-state index contributed by atoms with van der Waals surface area (Å²) < 4.78 is 24.3. The molecule has 4 aromatic carbocycles. The van der Waals surface area contributed by atoms with E-state index in [-0.39, 0.29) is 49.5 Å². The van der Waals surface area contributed by atoms with Crippen LogP contribution in [0.5, 0.6) is 0 Å². The number of aliphatic hydroxyl groups excluding tert-OH is 3. The van der Waals surface area contributed by atoms with Crippen LogP contribution in [-0.4, -0.2) is 114 Å². The average molecular weight is 822 g/mol. The molecule has 15 heteroatoms. The molecule has 0 radical (unpaired) electrons. The van der Waals surface area contributed by atoms with Crippen LogP contribution >= 0.6 is 34.8 Å². The molecule has 3 N–H and O–H groups in total. The summed E-state index contributed by atoms with van der Waals surface area (Å²) in [5.74, 6) is -1.46. The molecule has 12 nitrogen and oxygen atoms in total. The van der Waals surface area contributed by atoms with Crippen LogP contribution in [0.25, 0.3) is 0 Å². The minimum atomic E-state index is -0.802. The highest BCUT2D eigenvalue weighted by molar-refractivity contribution is 6.18. The van der Waals surface area contributed by atoms with E-state index in [1.807, 2.05) is 36.4 Å². The van der Waals surface area contributed by atoms with Gasteiger partial charge in [0.15, 0.2) is 0 Å². The number of epoxide rings is 1. The first-order valence-corrected chi connectivity index (χ1v) is 18.4. The first-order chi connectivity index (χ1) is 26.6. The number of alkyl halides is 3. The largest absolute Gasteiger partial charge is 0.459 e. The summed E-state index contributed by atoms with van der Waals surface area (Å²) >= 11 is 16.0. The third-order valence-electron chi connectivity index (χ3n) is 6.60. The number of carbonyl (C=O) groups is 4. The van der Waals surface area contributed by atoms with Crippen LogP contribution in [0, 0.1) is 0 Å². The van der Waals surface area contributed by atoms with Crippen LogP contribution in [0.3, 0.4) is 0 Å². The molecule has 0 bridgehead atoms. The normalized spacial score (nSPS) is 13.9. The fourth-order valence-electron chi connectivity index (χ4n) is 3.61.